The first kappa shape index (κ1) is 17.4. The fourth-order valence-electron chi connectivity index (χ4n) is 2.72. The van der Waals surface area contributed by atoms with Gasteiger partial charge in [0.15, 0.2) is 0 Å². The highest BCUT2D eigenvalue weighted by Gasteiger charge is 2.10. The Kier molecular flexibility index (Phi) is 5.02. The quantitative estimate of drug-likeness (QED) is 0.414. The van der Waals surface area contributed by atoms with Gasteiger partial charge in [-0.15, -0.1) is 0 Å². The van der Waals surface area contributed by atoms with E-state index in [9.17, 15) is 4.79 Å². The number of carbonyl (C=O) groups excluding carboxylic acids is 1. The highest BCUT2D eigenvalue weighted by Crippen LogP contribution is 2.24. The summed E-state index contributed by atoms with van der Waals surface area (Å²) in [7, 11) is 0. The number of pyridine rings is 1. The van der Waals surface area contributed by atoms with Gasteiger partial charge in [0.05, 0.1) is 17.6 Å². The molecule has 0 aliphatic heterocycles. The van der Waals surface area contributed by atoms with Gasteiger partial charge in [0.25, 0.3) is 5.91 Å². The molecule has 136 valence electrons. The lowest BCUT2D eigenvalue weighted by atomic mass is 10.0. The average molecular weight is 367 g/mol. The Labute approximate surface area is 162 Å². The number of amides is 1. The van der Waals surface area contributed by atoms with Crippen molar-refractivity contribution in [2.75, 3.05) is 0 Å². The van der Waals surface area contributed by atoms with Crippen LogP contribution in [0.3, 0.4) is 0 Å². The largest absolute Gasteiger partial charge is 0.289 e. The lowest BCUT2D eigenvalue weighted by Gasteiger charge is -2.02. The van der Waals surface area contributed by atoms with Crippen LogP contribution in [-0.4, -0.2) is 27.3 Å². The van der Waals surface area contributed by atoms with Crippen LogP contribution in [0.1, 0.15) is 16.2 Å². The third kappa shape index (κ3) is 4.02. The predicted octanol–water partition coefficient (Wildman–Crippen LogP) is 3.90. The lowest BCUT2D eigenvalue weighted by molar-refractivity contribution is 0.0950. The van der Waals surface area contributed by atoms with Gasteiger partial charge in [-0.3, -0.25) is 14.9 Å². The molecule has 6 heteroatoms. The highest BCUT2D eigenvalue weighted by molar-refractivity contribution is 5.94. The fourth-order valence-corrected chi connectivity index (χ4v) is 2.72. The summed E-state index contributed by atoms with van der Waals surface area (Å²) in [5.41, 5.74) is 7.35. The summed E-state index contributed by atoms with van der Waals surface area (Å²) in [6.07, 6.45) is 3.14. The van der Waals surface area contributed by atoms with E-state index in [2.05, 4.69) is 37.8 Å². The summed E-state index contributed by atoms with van der Waals surface area (Å²) in [5.74, 6) is -0.369. The number of aromatic nitrogens is 3. The normalized spacial score (nSPS) is 10.9. The standard InChI is InChI=1S/C22H17N5O/c28-22(27-24-15-19-8-4-5-13-23-19)21-14-20(25-26-21)18-11-9-17(10-12-18)16-6-2-1-3-7-16/h1-15H,(H,25,26)(H,27,28). The first-order chi connectivity index (χ1) is 13.8. The molecule has 4 aromatic rings. The maximum Gasteiger partial charge on any atom is 0.289 e. The molecule has 4 rings (SSSR count). The molecule has 0 saturated carbocycles. The van der Waals surface area contributed by atoms with E-state index in [1.54, 1.807) is 18.3 Å². The van der Waals surface area contributed by atoms with Crippen LogP contribution in [0.25, 0.3) is 22.4 Å². The van der Waals surface area contributed by atoms with Gasteiger partial charge in [-0.2, -0.15) is 10.2 Å². The molecule has 2 heterocycles. The van der Waals surface area contributed by atoms with E-state index in [0.717, 1.165) is 16.7 Å². The number of nitrogens with zero attached hydrogens (tertiary/aromatic N) is 3. The van der Waals surface area contributed by atoms with Crippen LogP contribution in [0.4, 0.5) is 0 Å². The molecule has 0 fully saturated rings. The monoisotopic (exact) mass is 367 g/mol. The van der Waals surface area contributed by atoms with Crippen LogP contribution in [-0.2, 0) is 0 Å². The molecule has 0 unspecified atom stereocenters. The van der Waals surface area contributed by atoms with Crippen molar-refractivity contribution in [2.45, 2.75) is 0 Å². The van der Waals surface area contributed by atoms with Gasteiger partial charge >= 0.3 is 0 Å². The number of hydrogen-bond acceptors (Lipinski definition) is 4. The van der Waals surface area contributed by atoms with Crippen molar-refractivity contribution in [1.82, 2.24) is 20.6 Å². The molecule has 1 amide bonds. The zero-order valence-corrected chi connectivity index (χ0v) is 14.9. The number of hydrazone groups is 1. The molecule has 2 aromatic heterocycles. The summed E-state index contributed by atoms with van der Waals surface area (Å²) >= 11 is 0. The molecule has 0 atom stereocenters. The van der Waals surface area contributed by atoms with Crippen molar-refractivity contribution in [3.8, 4) is 22.4 Å². The van der Waals surface area contributed by atoms with Crippen LogP contribution in [0.5, 0.6) is 0 Å². The van der Waals surface area contributed by atoms with E-state index in [1.165, 1.54) is 6.21 Å². The number of benzene rings is 2. The maximum atomic E-state index is 12.2. The van der Waals surface area contributed by atoms with E-state index in [0.29, 0.717) is 17.1 Å². The molecule has 0 saturated heterocycles. The molecule has 6 nitrogen and oxygen atoms in total. The fraction of sp³-hybridized carbons (Fsp3) is 0. The molecular formula is C22H17N5O. The zero-order chi connectivity index (χ0) is 19.2. The van der Waals surface area contributed by atoms with Gasteiger partial charge in [-0.25, -0.2) is 5.43 Å². The topological polar surface area (TPSA) is 83.0 Å². The van der Waals surface area contributed by atoms with Gasteiger partial charge in [0.1, 0.15) is 5.69 Å². The van der Waals surface area contributed by atoms with Crippen LogP contribution in [0.15, 0.2) is 90.2 Å². The minimum atomic E-state index is -0.369. The number of aromatic amines is 1. The number of hydrogen-bond donors (Lipinski definition) is 2. The van der Waals surface area contributed by atoms with Gasteiger partial charge < -0.3 is 0 Å². The minimum Gasteiger partial charge on any atom is -0.272 e. The molecular weight excluding hydrogens is 350 g/mol. The van der Waals surface area contributed by atoms with E-state index in [1.807, 2.05) is 54.6 Å². The van der Waals surface area contributed by atoms with E-state index in [4.69, 9.17) is 0 Å². The average Bonchev–Trinajstić information content (AvgIpc) is 3.26. The smallest absolute Gasteiger partial charge is 0.272 e. The van der Waals surface area contributed by atoms with Crippen molar-refractivity contribution < 1.29 is 4.79 Å². The number of carbonyl (C=O) groups is 1. The maximum absolute atomic E-state index is 12.2. The summed E-state index contributed by atoms with van der Waals surface area (Å²) < 4.78 is 0. The number of nitrogens with one attached hydrogen (secondary N) is 2. The van der Waals surface area contributed by atoms with Crippen molar-refractivity contribution in [3.63, 3.8) is 0 Å². The molecule has 0 radical (unpaired) electrons. The third-order valence-corrected chi connectivity index (χ3v) is 4.16. The van der Waals surface area contributed by atoms with Crippen molar-refractivity contribution >= 4 is 12.1 Å². The molecule has 2 aromatic carbocycles. The van der Waals surface area contributed by atoms with Crippen LogP contribution in [0, 0.1) is 0 Å². The zero-order valence-electron chi connectivity index (χ0n) is 14.9. The Morgan fingerprint density at radius 3 is 2.36 bits per heavy atom. The Balaban J connectivity index is 1.44. The van der Waals surface area contributed by atoms with Gasteiger partial charge in [-0.1, -0.05) is 60.7 Å². The Morgan fingerprint density at radius 1 is 0.893 bits per heavy atom. The highest BCUT2D eigenvalue weighted by atomic mass is 16.2. The predicted molar refractivity (Wildman–Crippen MR) is 109 cm³/mol. The van der Waals surface area contributed by atoms with Crippen LogP contribution < -0.4 is 5.43 Å². The second kappa shape index (κ2) is 8.09. The van der Waals surface area contributed by atoms with Crippen molar-refractivity contribution in [3.05, 3.63) is 96.4 Å². The third-order valence-electron chi connectivity index (χ3n) is 4.16. The molecule has 2 N–H and O–H groups in total. The van der Waals surface area contributed by atoms with E-state index >= 15 is 0 Å². The second-order valence-corrected chi connectivity index (χ2v) is 6.06. The van der Waals surface area contributed by atoms with Gasteiger partial charge in [-0.05, 0) is 29.3 Å². The van der Waals surface area contributed by atoms with E-state index in [-0.39, 0.29) is 5.91 Å². The number of H-pyrrole nitrogens is 1. The summed E-state index contributed by atoms with van der Waals surface area (Å²) in [6.45, 7) is 0. The Morgan fingerprint density at radius 2 is 1.61 bits per heavy atom. The summed E-state index contributed by atoms with van der Waals surface area (Å²) in [4.78, 5) is 16.3. The molecule has 28 heavy (non-hydrogen) atoms. The van der Waals surface area contributed by atoms with Gasteiger partial charge in [0, 0.05) is 11.8 Å². The van der Waals surface area contributed by atoms with Crippen LogP contribution >= 0.6 is 0 Å². The molecule has 0 aliphatic rings. The van der Waals surface area contributed by atoms with E-state index < -0.39 is 0 Å². The first-order valence-electron chi connectivity index (χ1n) is 8.75. The Hall–Kier alpha value is -4.06. The van der Waals surface area contributed by atoms with Gasteiger partial charge in [0.2, 0.25) is 0 Å². The van der Waals surface area contributed by atoms with Crippen molar-refractivity contribution in [1.29, 1.82) is 0 Å². The SMILES string of the molecule is O=C(NN=Cc1ccccn1)c1cc(-c2ccc(-c3ccccc3)cc2)n[nH]1. The molecule has 0 bridgehead atoms. The first-order valence-corrected chi connectivity index (χ1v) is 8.75. The number of rotatable bonds is 5. The molecule has 0 spiro atoms. The lowest BCUT2D eigenvalue weighted by Crippen LogP contribution is -2.18. The molecule has 0 aliphatic carbocycles. The summed E-state index contributed by atoms with van der Waals surface area (Å²) in [5, 5.41) is 10.9. The van der Waals surface area contributed by atoms with Crippen molar-refractivity contribution in [2.24, 2.45) is 5.10 Å². The minimum absolute atomic E-state index is 0.334. The second-order valence-electron chi connectivity index (χ2n) is 6.06. The summed E-state index contributed by atoms with van der Waals surface area (Å²) in [6, 6.07) is 25.4. The van der Waals surface area contributed by atoms with Crippen LogP contribution in [0.2, 0.25) is 0 Å². The Bertz CT molecular complexity index is 1090.